The minimum absolute atomic E-state index is 0.291. The van der Waals surface area contributed by atoms with Crippen LogP contribution in [0.3, 0.4) is 0 Å². The first-order valence-corrected chi connectivity index (χ1v) is 6.21. The molecule has 0 unspecified atom stereocenters. The fourth-order valence-corrected chi connectivity index (χ4v) is 1.96. The SMILES string of the molecule is CCc1nc(N)nc(Cc2ccccc2Br)n1. The third-order valence-electron chi connectivity index (χ3n) is 2.37. The van der Waals surface area contributed by atoms with Crippen LogP contribution in [0.4, 0.5) is 5.95 Å². The van der Waals surface area contributed by atoms with Crippen LogP contribution in [0.25, 0.3) is 0 Å². The molecule has 0 saturated carbocycles. The molecule has 5 heteroatoms. The lowest BCUT2D eigenvalue weighted by Crippen LogP contribution is -2.07. The average molecular weight is 293 g/mol. The largest absolute Gasteiger partial charge is 0.368 e. The van der Waals surface area contributed by atoms with E-state index in [2.05, 4.69) is 30.9 Å². The maximum atomic E-state index is 5.65. The molecule has 0 spiro atoms. The fraction of sp³-hybridized carbons (Fsp3) is 0.250. The molecule has 0 saturated heterocycles. The summed E-state index contributed by atoms with van der Waals surface area (Å²) in [6, 6.07) is 8.01. The Labute approximate surface area is 108 Å². The predicted molar refractivity (Wildman–Crippen MR) is 70.6 cm³/mol. The van der Waals surface area contributed by atoms with Crippen LogP contribution in [0.1, 0.15) is 24.1 Å². The number of aryl methyl sites for hydroxylation is 1. The number of hydrogen-bond acceptors (Lipinski definition) is 4. The van der Waals surface area contributed by atoms with E-state index in [1.807, 2.05) is 31.2 Å². The molecule has 1 aromatic carbocycles. The molecule has 17 heavy (non-hydrogen) atoms. The average Bonchev–Trinajstić information content (AvgIpc) is 2.31. The molecule has 2 aromatic rings. The third-order valence-corrected chi connectivity index (χ3v) is 3.14. The molecular formula is C12H13BrN4. The van der Waals surface area contributed by atoms with Crippen molar-refractivity contribution in [2.75, 3.05) is 5.73 Å². The van der Waals surface area contributed by atoms with E-state index in [9.17, 15) is 0 Å². The quantitative estimate of drug-likeness (QED) is 0.943. The highest BCUT2D eigenvalue weighted by atomic mass is 79.9. The molecule has 0 aliphatic heterocycles. The Morgan fingerprint density at radius 3 is 2.53 bits per heavy atom. The number of rotatable bonds is 3. The van der Waals surface area contributed by atoms with Gasteiger partial charge in [-0.2, -0.15) is 9.97 Å². The van der Waals surface area contributed by atoms with Crippen LogP contribution in [0, 0.1) is 0 Å². The van der Waals surface area contributed by atoms with E-state index >= 15 is 0 Å². The van der Waals surface area contributed by atoms with Crippen LogP contribution in [0.5, 0.6) is 0 Å². The first-order chi connectivity index (χ1) is 8.19. The van der Waals surface area contributed by atoms with Crippen molar-refractivity contribution in [3.8, 4) is 0 Å². The summed E-state index contributed by atoms with van der Waals surface area (Å²) in [4.78, 5) is 12.6. The smallest absolute Gasteiger partial charge is 0.223 e. The van der Waals surface area contributed by atoms with Gasteiger partial charge >= 0.3 is 0 Å². The maximum Gasteiger partial charge on any atom is 0.223 e. The van der Waals surface area contributed by atoms with E-state index in [-0.39, 0.29) is 0 Å². The van der Waals surface area contributed by atoms with Gasteiger partial charge in [-0.15, -0.1) is 0 Å². The van der Waals surface area contributed by atoms with Crippen LogP contribution in [-0.4, -0.2) is 15.0 Å². The van der Waals surface area contributed by atoms with E-state index in [1.165, 1.54) is 0 Å². The summed E-state index contributed by atoms with van der Waals surface area (Å²) in [5, 5.41) is 0. The minimum Gasteiger partial charge on any atom is -0.368 e. The highest BCUT2D eigenvalue weighted by Gasteiger charge is 2.06. The summed E-state index contributed by atoms with van der Waals surface area (Å²) in [6.45, 7) is 2.00. The van der Waals surface area contributed by atoms with Gasteiger partial charge in [0.1, 0.15) is 11.6 Å². The van der Waals surface area contributed by atoms with Gasteiger partial charge in [0.2, 0.25) is 5.95 Å². The Morgan fingerprint density at radius 2 is 1.82 bits per heavy atom. The lowest BCUT2D eigenvalue weighted by Gasteiger charge is -2.05. The first kappa shape index (κ1) is 12.0. The van der Waals surface area contributed by atoms with Gasteiger partial charge in [0.25, 0.3) is 0 Å². The number of nitrogens with zero attached hydrogens (tertiary/aromatic N) is 3. The number of aromatic nitrogens is 3. The summed E-state index contributed by atoms with van der Waals surface area (Å²) >= 11 is 3.51. The molecular weight excluding hydrogens is 280 g/mol. The first-order valence-electron chi connectivity index (χ1n) is 5.41. The standard InChI is InChI=1S/C12H13BrN4/c1-2-10-15-11(17-12(14)16-10)7-8-5-3-4-6-9(8)13/h3-6H,2,7H2,1H3,(H2,14,15,16,17). The highest BCUT2D eigenvalue weighted by Crippen LogP contribution is 2.18. The molecule has 0 bridgehead atoms. The Balaban J connectivity index is 2.30. The van der Waals surface area contributed by atoms with E-state index in [1.54, 1.807) is 0 Å². The van der Waals surface area contributed by atoms with Crippen molar-refractivity contribution in [1.29, 1.82) is 0 Å². The van der Waals surface area contributed by atoms with E-state index in [0.717, 1.165) is 22.3 Å². The number of benzene rings is 1. The third kappa shape index (κ3) is 3.00. The number of halogens is 1. The molecule has 0 aliphatic carbocycles. The van der Waals surface area contributed by atoms with Gasteiger partial charge < -0.3 is 5.73 Å². The Bertz CT molecular complexity index is 528. The van der Waals surface area contributed by atoms with Crippen LogP contribution in [-0.2, 0) is 12.8 Å². The van der Waals surface area contributed by atoms with Crippen LogP contribution < -0.4 is 5.73 Å². The van der Waals surface area contributed by atoms with Crippen molar-refractivity contribution in [2.24, 2.45) is 0 Å². The molecule has 2 N–H and O–H groups in total. The molecule has 0 amide bonds. The number of anilines is 1. The summed E-state index contributed by atoms with van der Waals surface area (Å²) in [6.07, 6.45) is 1.41. The molecule has 1 aromatic heterocycles. The van der Waals surface area contributed by atoms with Gasteiger partial charge in [-0.3, -0.25) is 0 Å². The predicted octanol–water partition coefficient (Wildman–Crippen LogP) is 2.37. The zero-order valence-corrected chi connectivity index (χ0v) is 11.1. The molecule has 0 radical (unpaired) electrons. The molecule has 0 atom stereocenters. The molecule has 2 rings (SSSR count). The van der Waals surface area contributed by atoms with Crippen LogP contribution >= 0.6 is 15.9 Å². The monoisotopic (exact) mass is 292 g/mol. The second-order valence-electron chi connectivity index (χ2n) is 3.65. The second-order valence-corrected chi connectivity index (χ2v) is 4.50. The van der Waals surface area contributed by atoms with Crippen LogP contribution in [0.15, 0.2) is 28.7 Å². The Hall–Kier alpha value is -1.49. The van der Waals surface area contributed by atoms with Gasteiger partial charge in [-0.1, -0.05) is 41.1 Å². The van der Waals surface area contributed by atoms with Crippen molar-refractivity contribution in [3.05, 3.63) is 46.0 Å². The van der Waals surface area contributed by atoms with E-state index < -0.39 is 0 Å². The minimum atomic E-state index is 0.291. The summed E-state index contributed by atoms with van der Waals surface area (Å²) < 4.78 is 1.05. The van der Waals surface area contributed by atoms with Gasteiger partial charge in [-0.05, 0) is 11.6 Å². The zero-order chi connectivity index (χ0) is 12.3. The number of nitrogen functional groups attached to an aromatic ring is 1. The molecule has 1 heterocycles. The molecule has 4 nitrogen and oxygen atoms in total. The van der Waals surface area contributed by atoms with Gasteiger partial charge in [0, 0.05) is 17.3 Å². The Morgan fingerprint density at radius 1 is 1.12 bits per heavy atom. The molecule has 88 valence electrons. The van der Waals surface area contributed by atoms with Crippen molar-refractivity contribution in [2.45, 2.75) is 19.8 Å². The lowest BCUT2D eigenvalue weighted by molar-refractivity contribution is 0.845. The normalized spacial score (nSPS) is 10.5. The van der Waals surface area contributed by atoms with Gasteiger partial charge in [0.15, 0.2) is 0 Å². The highest BCUT2D eigenvalue weighted by molar-refractivity contribution is 9.10. The fourth-order valence-electron chi connectivity index (χ4n) is 1.54. The number of nitrogens with two attached hydrogens (primary N) is 1. The second kappa shape index (κ2) is 5.23. The summed E-state index contributed by atoms with van der Waals surface area (Å²) in [5.41, 5.74) is 6.79. The molecule has 0 aliphatic rings. The van der Waals surface area contributed by atoms with Gasteiger partial charge in [0.05, 0.1) is 0 Å². The maximum absolute atomic E-state index is 5.65. The lowest BCUT2D eigenvalue weighted by atomic mass is 10.1. The van der Waals surface area contributed by atoms with E-state index in [0.29, 0.717) is 18.2 Å². The van der Waals surface area contributed by atoms with Crippen molar-refractivity contribution in [1.82, 2.24) is 15.0 Å². The van der Waals surface area contributed by atoms with Crippen molar-refractivity contribution in [3.63, 3.8) is 0 Å². The summed E-state index contributed by atoms with van der Waals surface area (Å²) in [7, 11) is 0. The van der Waals surface area contributed by atoms with Crippen molar-refractivity contribution < 1.29 is 0 Å². The van der Waals surface area contributed by atoms with E-state index in [4.69, 9.17) is 5.73 Å². The topological polar surface area (TPSA) is 64.7 Å². The summed E-state index contributed by atoms with van der Waals surface area (Å²) in [5.74, 6) is 1.74. The number of hydrogen-bond donors (Lipinski definition) is 1. The Kier molecular flexibility index (Phi) is 3.68. The van der Waals surface area contributed by atoms with Crippen molar-refractivity contribution >= 4 is 21.9 Å². The van der Waals surface area contributed by atoms with Crippen LogP contribution in [0.2, 0.25) is 0 Å². The molecule has 0 fully saturated rings. The van der Waals surface area contributed by atoms with Gasteiger partial charge in [-0.25, -0.2) is 4.98 Å². The zero-order valence-electron chi connectivity index (χ0n) is 9.52.